The Morgan fingerprint density at radius 2 is 2.12 bits per heavy atom. The van der Waals surface area contributed by atoms with Crippen LogP contribution >= 0.6 is 11.7 Å². The zero-order valence-electron chi connectivity index (χ0n) is 13.3. The first-order valence-electron chi connectivity index (χ1n) is 7.88. The fraction of sp³-hybridized carbons (Fsp3) is 0.467. The molecule has 0 unspecified atom stereocenters. The van der Waals surface area contributed by atoms with E-state index < -0.39 is 6.09 Å². The molecular formula is C15H20N6O2S. The van der Waals surface area contributed by atoms with E-state index in [0.717, 1.165) is 57.3 Å². The number of hydrogen-bond acceptors (Lipinski definition) is 8. The van der Waals surface area contributed by atoms with Gasteiger partial charge in [0.1, 0.15) is 0 Å². The van der Waals surface area contributed by atoms with Crippen molar-refractivity contribution in [3.63, 3.8) is 0 Å². The monoisotopic (exact) mass is 348 g/mol. The molecule has 0 saturated carbocycles. The lowest BCUT2D eigenvalue weighted by Crippen LogP contribution is -2.47. The molecule has 0 spiro atoms. The molecule has 0 bridgehead atoms. The second-order valence-electron chi connectivity index (χ2n) is 5.61. The highest BCUT2D eigenvalue weighted by molar-refractivity contribution is 6.99. The third-order valence-corrected chi connectivity index (χ3v) is 4.48. The fourth-order valence-electron chi connectivity index (χ4n) is 2.76. The summed E-state index contributed by atoms with van der Waals surface area (Å²) in [6.45, 7) is 4.60. The summed E-state index contributed by atoms with van der Waals surface area (Å²) in [6.07, 6.45) is 5.01. The van der Waals surface area contributed by atoms with Crippen LogP contribution in [0.15, 0.2) is 24.5 Å². The van der Waals surface area contributed by atoms with Crippen LogP contribution in [-0.4, -0.2) is 57.4 Å². The van der Waals surface area contributed by atoms with Crippen molar-refractivity contribution in [2.45, 2.75) is 12.8 Å². The third-order valence-electron chi connectivity index (χ3n) is 3.97. The SMILES string of the molecule is NC(=O)Oc1nsnc1N1CCN(CCCc2cccnc2)CC1. The van der Waals surface area contributed by atoms with Crippen LogP contribution in [0.4, 0.5) is 10.6 Å². The Labute approximate surface area is 144 Å². The largest absolute Gasteiger partial charge is 0.411 e. The number of aromatic nitrogens is 3. The minimum absolute atomic E-state index is 0.206. The van der Waals surface area contributed by atoms with Crippen molar-refractivity contribution in [1.29, 1.82) is 0 Å². The summed E-state index contributed by atoms with van der Waals surface area (Å²) in [5.74, 6) is 0.811. The van der Waals surface area contributed by atoms with E-state index in [1.165, 1.54) is 5.56 Å². The minimum atomic E-state index is -0.863. The molecule has 1 fully saturated rings. The Morgan fingerprint density at radius 3 is 2.83 bits per heavy atom. The summed E-state index contributed by atoms with van der Waals surface area (Å²) in [5.41, 5.74) is 6.33. The number of piperazine rings is 1. The molecule has 1 aliphatic rings. The number of ether oxygens (including phenoxy) is 1. The number of hydrogen-bond donors (Lipinski definition) is 1. The van der Waals surface area contributed by atoms with E-state index in [9.17, 15) is 4.79 Å². The van der Waals surface area contributed by atoms with E-state index in [4.69, 9.17) is 10.5 Å². The van der Waals surface area contributed by atoms with Crippen LogP contribution in [-0.2, 0) is 6.42 Å². The average molecular weight is 348 g/mol. The number of pyridine rings is 1. The van der Waals surface area contributed by atoms with Gasteiger partial charge in [-0.1, -0.05) is 6.07 Å². The van der Waals surface area contributed by atoms with Gasteiger partial charge < -0.3 is 15.4 Å². The second-order valence-corrected chi connectivity index (χ2v) is 6.14. The number of nitrogens with two attached hydrogens (primary N) is 1. The molecule has 2 N–H and O–H groups in total. The lowest BCUT2D eigenvalue weighted by Gasteiger charge is -2.34. The van der Waals surface area contributed by atoms with E-state index in [1.807, 2.05) is 12.3 Å². The zero-order valence-corrected chi connectivity index (χ0v) is 14.1. The summed E-state index contributed by atoms with van der Waals surface area (Å²) < 4.78 is 13.1. The first-order valence-corrected chi connectivity index (χ1v) is 8.61. The summed E-state index contributed by atoms with van der Waals surface area (Å²) in [7, 11) is 0. The fourth-order valence-corrected chi connectivity index (χ4v) is 3.27. The molecule has 1 amide bonds. The number of nitrogens with zero attached hydrogens (tertiary/aromatic N) is 5. The highest BCUT2D eigenvalue weighted by atomic mass is 32.1. The summed E-state index contributed by atoms with van der Waals surface area (Å²) in [4.78, 5) is 19.5. The van der Waals surface area contributed by atoms with Crippen LogP contribution in [0.3, 0.4) is 0 Å². The van der Waals surface area contributed by atoms with Crippen molar-refractivity contribution in [2.24, 2.45) is 5.73 Å². The van der Waals surface area contributed by atoms with E-state index in [0.29, 0.717) is 5.82 Å². The van der Waals surface area contributed by atoms with Crippen LogP contribution in [0.25, 0.3) is 0 Å². The number of anilines is 1. The molecule has 128 valence electrons. The molecule has 8 nitrogen and oxygen atoms in total. The molecule has 2 aromatic heterocycles. The van der Waals surface area contributed by atoms with Gasteiger partial charge in [-0.15, -0.1) is 4.37 Å². The molecule has 24 heavy (non-hydrogen) atoms. The van der Waals surface area contributed by atoms with Gasteiger partial charge in [-0.2, -0.15) is 4.37 Å². The molecule has 1 aliphatic heterocycles. The van der Waals surface area contributed by atoms with Crippen molar-refractivity contribution in [1.82, 2.24) is 18.6 Å². The average Bonchev–Trinajstić information content (AvgIpc) is 3.04. The van der Waals surface area contributed by atoms with Gasteiger partial charge in [-0.05, 0) is 31.0 Å². The summed E-state index contributed by atoms with van der Waals surface area (Å²) in [6, 6.07) is 4.09. The standard InChI is InChI=1S/C15H20N6O2S/c16-15(22)23-14-13(18-24-19-14)21-9-7-20(8-10-21)6-2-4-12-3-1-5-17-11-12/h1,3,5,11H,2,4,6-10H2,(H2,16,22). The maximum absolute atomic E-state index is 10.9. The van der Waals surface area contributed by atoms with Crippen molar-refractivity contribution in [3.05, 3.63) is 30.1 Å². The maximum atomic E-state index is 10.9. The summed E-state index contributed by atoms with van der Waals surface area (Å²) >= 11 is 1.02. The van der Waals surface area contributed by atoms with Crippen LogP contribution in [0, 0.1) is 0 Å². The smallest absolute Gasteiger partial charge is 0.386 e. The molecule has 3 heterocycles. The molecule has 0 aliphatic carbocycles. The highest BCUT2D eigenvalue weighted by Gasteiger charge is 2.23. The van der Waals surface area contributed by atoms with Gasteiger partial charge in [0.05, 0.1) is 11.7 Å². The Morgan fingerprint density at radius 1 is 1.29 bits per heavy atom. The van der Waals surface area contributed by atoms with E-state index >= 15 is 0 Å². The molecular weight excluding hydrogens is 328 g/mol. The number of rotatable bonds is 6. The molecule has 2 aromatic rings. The Balaban J connectivity index is 1.44. The number of carbonyl (C=O) groups excluding carboxylic acids is 1. The van der Waals surface area contributed by atoms with E-state index in [2.05, 4.69) is 29.6 Å². The number of primary amides is 1. The quantitative estimate of drug-likeness (QED) is 0.836. The minimum Gasteiger partial charge on any atom is -0.386 e. The molecule has 1 saturated heterocycles. The van der Waals surface area contributed by atoms with Gasteiger partial charge in [-0.25, -0.2) is 4.79 Å². The predicted octanol–water partition coefficient (Wildman–Crippen LogP) is 1.15. The Kier molecular flexibility index (Phi) is 5.55. The lowest BCUT2D eigenvalue weighted by atomic mass is 10.1. The number of amides is 1. The van der Waals surface area contributed by atoms with E-state index in [1.54, 1.807) is 6.20 Å². The van der Waals surface area contributed by atoms with E-state index in [-0.39, 0.29) is 5.88 Å². The number of aryl methyl sites for hydroxylation is 1. The van der Waals surface area contributed by atoms with Crippen LogP contribution in [0.5, 0.6) is 5.88 Å². The third kappa shape index (κ3) is 4.39. The van der Waals surface area contributed by atoms with Crippen molar-refractivity contribution in [2.75, 3.05) is 37.6 Å². The molecule has 9 heteroatoms. The first kappa shape index (κ1) is 16.6. The van der Waals surface area contributed by atoms with Gasteiger partial charge in [0, 0.05) is 38.6 Å². The lowest BCUT2D eigenvalue weighted by molar-refractivity contribution is 0.209. The van der Waals surface area contributed by atoms with Gasteiger partial charge in [0.15, 0.2) is 0 Å². The second kappa shape index (κ2) is 8.02. The Bertz CT molecular complexity index is 657. The topological polar surface area (TPSA) is 97.5 Å². The normalized spacial score (nSPS) is 15.4. The van der Waals surface area contributed by atoms with Gasteiger partial charge in [0.25, 0.3) is 5.88 Å². The maximum Gasteiger partial charge on any atom is 0.411 e. The first-order chi connectivity index (χ1) is 11.7. The Hall–Kier alpha value is -2.26. The molecule has 0 radical (unpaired) electrons. The van der Waals surface area contributed by atoms with Gasteiger partial charge in [0.2, 0.25) is 5.82 Å². The van der Waals surface area contributed by atoms with Crippen LogP contribution < -0.4 is 15.4 Å². The van der Waals surface area contributed by atoms with Gasteiger partial charge >= 0.3 is 6.09 Å². The molecule has 3 rings (SSSR count). The predicted molar refractivity (Wildman–Crippen MR) is 91.3 cm³/mol. The van der Waals surface area contributed by atoms with Crippen LogP contribution in [0.1, 0.15) is 12.0 Å². The van der Waals surface area contributed by atoms with Crippen molar-refractivity contribution >= 4 is 23.6 Å². The van der Waals surface area contributed by atoms with Crippen LogP contribution in [0.2, 0.25) is 0 Å². The van der Waals surface area contributed by atoms with Crippen molar-refractivity contribution < 1.29 is 9.53 Å². The van der Waals surface area contributed by atoms with Crippen molar-refractivity contribution in [3.8, 4) is 5.88 Å². The number of carbonyl (C=O) groups is 1. The molecule has 0 atom stereocenters. The summed E-state index contributed by atoms with van der Waals surface area (Å²) in [5, 5.41) is 0. The molecule has 0 aromatic carbocycles. The van der Waals surface area contributed by atoms with Gasteiger partial charge in [-0.3, -0.25) is 9.88 Å². The highest BCUT2D eigenvalue weighted by Crippen LogP contribution is 2.26. The zero-order chi connectivity index (χ0) is 16.8.